The van der Waals surface area contributed by atoms with E-state index in [4.69, 9.17) is 4.74 Å². The zero-order valence-corrected chi connectivity index (χ0v) is 13.3. The molecule has 25 heavy (non-hydrogen) atoms. The quantitative estimate of drug-likeness (QED) is 0.776. The monoisotopic (exact) mass is 356 g/mol. The van der Waals surface area contributed by atoms with Gasteiger partial charge in [0.15, 0.2) is 0 Å². The number of nitrogens with zero attached hydrogens (tertiary/aromatic N) is 2. The Morgan fingerprint density at radius 3 is 2.44 bits per heavy atom. The van der Waals surface area contributed by atoms with Gasteiger partial charge >= 0.3 is 6.36 Å². The Morgan fingerprint density at radius 2 is 1.84 bits per heavy atom. The van der Waals surface area contributed by atoms with E-state index in [1.165, 1.54) is 24.3 Å². The maximum absolute atomic E-state index is 13.1. The molecular weight excluding hydrogens is 340 g/mol. The lowest BCUT2D eigenvalue weighted by Gasteiger charge is -2.37. The molecule has 0 amide bonds. The fourth-order valence-electron chi connectivity index (χ4n) is 2.75. The number of hydrogen-bond acceptors (Lipinski definition) is 4. The molecule has 2 aromatic rings. The van der Waals surface area contributed by atoms with Gasteiger partial charge in [0.1, 0.15) is 23.5 Å². The lowest BCUT2D eigenvalue weighted by atomic mass is 10.1. The predicted molar refractivity (Wildman–Crippen MR) is 82.8 cm³/mol. The Kier molecular flexibility index (Phi) is 4.80. The number of pyridine rings is 1. The van der Waals surface area contributed by atoms with E-state index in [1.54, 1.807) is 12.1 Å². The van der Waals surface area contributed by atoms with Crippen molar-refractivity contribution >= 4 is 5.82 Å². The largest absolute Gasteiger partial charge is 0.573 e. The molecule has 134 valence electrons. The normalized spacial score (nSPS) is 21.2. The molecule has 1 fully saturated rings. The van der Waals surface area contributed by atoms with E-state index in [-0.39, 0.29) is 23.8 Å². The van der Waals surface area contributed by atoms with Crippen LogP contribution in [0.4, 0.5) is 23.4 Å². The van der Waals surface area contributed by atoms with E-state index in [9.17, 15) is 17.6 Å². The summed E-state index contributed by atoms with van der Waals surface area (Å²) in [5.74, 6) is -0.171. The van der Waals surface area contributed by atoms with E-state index in [1.807, 2.05) is 11.8 Å². The number of hydrogen-bond donors (Lipinski definition) is 0. The summed E-state index contributed by atoms with van der Waals surface area (Å²) in [6, 6.07) is 8.74. The number of aromatic nitrogens is 1. The number of alkyl halides is 3. The molecule has 0 spiro atoms. The summed E-state index contributed by atoms with van der Waals surface area (Å²) in [6.07, 6.45) is -4.10. The molecule has 3 rings (SSSR count). The van der Waals surface area contributed by atoms with Crippen LogP contribution < -0.4 is 9.64 Å². The molecule has 0 saturated carbocycles. The Labute approximate surface area is 142 Å². The van der Waals surface area contributed by atoms with Crippen molar-refractivity contribution < 1.29 is 27.0 Å². The van der Waals surface area contributed by atoms with Gasteiger partial charge in [-0.15, -0.1) is 13.2 Å². The molecule has 4 nitrogen and oxygen atoms in total. The lowest BCUT2D eigenvalue weighted by molar-refractivity contribution is -0.274. The van der Waals surface area contributed by atoms with Crippen LogP contribution in [0, 0.1) is 5.82 Å². The molecular formula is C17H16F4N2O2. The maximum atomic E-state index is 13.1. The van der Waals surface area contributed by atoms with Gasteiger partial charge in [-0.3, -0.25) is 0 Å². The van der Waals surface area contributed by atoms with Crippen LogP contribution in [0.1, 0.15) is 18.6 Å². The molecule has 1 aromatic heterocycles. The van der Waals surface area contributed by atoms with Crippen molar-refractivity contribution in [3.05, 3.63) is 54.0 Å². The SMILES string of the molecule is CC1CN(c2ccc(OC(F)(F)F)cn2)CC(c2ccc(F)cc2)O1. The van der Waals surface area contributed by atoms with Crippen molar-refractivity contribution in [1.29, 1.82) is 0 Å². The fraction of sp³-hybridized carbons (Fsp3) is 0.353. The zero-order chi connectivity index (χ0) is 18.0. The minimum atomic E-state index is -4.75. The standard InChI is InChI=1S/C17H16F4N2O2/c1-11-9-23(10-15(24-11)12-2-4-13(18)5-3-12)16-7-6-14(8-22-16)25-17(19,20)21/h2-8,11,15H,9-10H2,1H3. The van der Waals surface area contributed by atoms with Crippen LogP contribution in [0.5, 0.6) is 5.75 Å². The molecule has 1 aliphatic heterocycles. The van der Waals surface area contributed by atoms with Gasteiger partial charge in [-0.2, -0.15) is 0 Å². The first-order valence-electron chi connectivity index (χ1n) is 7.68. The van der Waals surface area contributed by atoms with Gasteiger partial charge in [0.2, 0.25) is 0 Å². The van der Waals surface area contributed by atoms with Crippen molar-refractivity contribution in [2.24, 2.45) is 0 Å². The van der Waals surface area contributed by atoms with Crippen LogP contribution >= 0.6 is 0 Å². The number of benzene rings is 1. The van der Waals surface area contributed by atoms with Gasteiger partial charge in [0.05, 0.1) is 12.3 Å². The summed E-state index contributed by atoms with van der Waals surface area (Å²) in [5.41, 5.74) is 0.829. The average molecular weight is 356 g/mol. The Hall–Kier alpha value is -2.35. The third-order valence-electron chi connectivity index (χ3n) is 3.78. The highest BCUT2D eigenvalue weighted by molar-refractivity contribution is 5.42. The minimum Gasteiger partial charge on any atom is -0.404 e. The van der Waals surface area contributed by atoms with Crippen molar-refractivity contribution in [2.45, 2.75) is 25.5 Å². The Balaban J connectivity index is 1.74. The van der Waals surface area contributed by atoms with Crippen molar-refractivity contribution in [1.82, 2.24) is 4.98 Å². The van der Waals surface area contributed by atoms with Crippen molar-refractivity contribution in [3.63, 3.8) is 0 Å². The van der Waals surface area contributed by atoms with Crippen molar-refractivity contribution in [2.75, 3.05) is 18.0 Å². The fourth-order valence-corrected chi connectivity index (χ4v) is 2.75. The van der Waals surface area contributed by atoms with E-state index < -0.39 is 6.36 Å². The summed E-state index contributed by atoms with van der Waals surface area (Å²) in [7, 11) is 0. The summed E-state index contributed by atoms with van der Waals surface area (Å²) in [4.78, 5) is 5.96. The first-order chi connectivity index (χ1) is 11.8. The highest BCUT2D eigenvalue weighted by atomic mass is 19.4. The lowest BCUT2D eigenvalue weighted by Crippen LogP contribution is -2.43. The van der Waals surface area contributed by atoms with E-state index in [0.29, 0.717) is 18.9 Å². The van der Waals surface area contributed by atoms with E-state index >= 15 is 0 Å². The third kappa shape index (κ3) is 4.60. The van der Waals surface area contributed by atoms with Crippen LogP contribution in [-0.2, 0) is 4.74 Å². The van der Waals surface area contributed by atoms with Crippen LogP contribution in [-0.4, -0.2) is 30.5 Å². The molecule has 0 bridgehead atoms. The summed E-state index contributed by atoms with van der Waals surface area (Å²) >= 11 is 0. The van der Waals surface area contributed by atoms with Gasteiger partial charge in [0.25, 0.3) is 0 Å². The average Bonchev–Trinajstić information content (AvgIpc) is 2.54. The second kappa shape index (κ2) is 6.87. The Bertz CT molecular complexity index is 704. The predicted octanol–water partition coefficient (Wildman–Crippen LogP) is 4.09. The molecule has 1 aliphatic rings. The number of halogens is 4. The number of rotatable bonds is 3. The molecule has 2 unspecified atom stereocenters. The number of anilines is 1. The van der Waals surface area contributed by atoms with E-state index in [2.05, 4.69) is 9.72 Å². The summed E-state index contributed by atoms with van der Waals surface area (Å²) in [5, 5.41) is 0. The van der Waals surface area contributed by atoms with Crippen LogP contribution in [0.2, 0.25) is 0 Å². The molecule has 1 aromatic carbocycles. The van der Waals surface area contributed by atoms with Gasteiger partial charge in [-0.25, -0.2) is 9.37 Å². The van der Waals surface area contributed by atoms with Gasteiger partial charge in [-0.05, 0) is 36.8 Å². The topological polar surface area (TPSA) is 34.6 Å². The molecule has 2 heterocycles. The first kappa shape index (κ1) is 17.5. The zero-order valence-electron chi connectivity index (χ0n) is 13.3. The highest BCUT2D eigenvalue weighted by Crippen LogP contribution is 2.29. The maximum Gasteiger partial charge on any atom is 0.573 e. The third-order valence-corrected chi connectivity index (χ3v) is 3.78. The van der Waals surface area contributed by atoms with Gasteiger partial charge < -0.3 is 14.4 Å². The van der Waals surface area contributed by atoms with E-state index in [0.717, 1.165) is 11.8 Å². The van der Waals surface area contributed by atoms with Gasteiger partial charge in [-0.1, -0.05) is 12.1 Å². The minimum absolute atomic E-state index is 0.114. The summed E-state index contributed by atoms with van der Waals surface area (Å²) < 4.78 is 59.4. The molecule has 8 heteroatoms. The Morgan fingerprint density at radius 1 is 1.12 bits per heavy atom. The molecule has 0 aliphatic carbocycles. The van der Waals surface area contributed by atoms with Crippen molar-refractivity contribution in [3.8, 4) is 5.75 Å². The second-order valence-corrected chi connectivity index (χ2v) is 5.79. The molecule has 0 N–H and O–H groups in total. The van der Waals surface area contributed by atoms with Crippen LogP contribution in [0.15, 0.2) is 42.6 Å². The number of ether oxygens (including phenoxy) is 2. The van der Waals surface area contributed by atoms with Gasteiger partial charge in [0, 0.05) is 13.1 Å². The second-order valence-electron chi connectivity index (χ2n) is 5.79. The molecule has 1 saturated heterocycles. The number of morpholine rings is 1. The highest BCUT2D eigenvalue weighted by Gasteiger charge is 2.31. The van der Waals surface area contributed by atoms with Crippen LogP contribution in [0.25, 0.3) is 0 Å². The molecule has 2 atom stereocenters. The van der Waals surface area contributed by atoms with Crippen LogP contribution in [0.3, 0.4) is 0 Å². The smallest absolute Gasteiger partial charge is 0.404 e. The summed E-state index contributed by atoms with van der Waals surface area (Å²) in [6.45, 7) is 2.90. The molecule has 0 radical (unpaired) electrons. The first-order valence-corrected chi connectivity index (χ1v) is 7.68.